The molecule has 1 spiro atoms. The quantitative estimate of drug-likeness (QED) is 0.873. The summed E-state index contributed by atoms with van der Waals surface area (Å²) in [5.74, 6) is -0.162. The Morgan fingerprint density at radius 3 is 2.68 bits per heavy atom. The number of benzene rings is 1. The van der Waals surface area contributed by atoms with E-state index in [0.29, 0.717) is 24.2 Å². The number of urea groups is 1. The van der Waals surface area contributed by atoms with Gasteiger partial charge in [0.1, 0.15) is 17.1 Å². The number of hydrogen-bond acceptors (Lipinski definition) is 3. The van der Waals surface area contributed by atoms with Gasteiger partial charge in [0, 0.05) is 5.56 Å². The summed E-state index contributed by atoms with van der Waals surface area (Å²) in [6, 6.07) is 3.68. The second-order valence-electron chi connectivity index (χ2n) is 5.92. The first kappa shape index (κ1) is 14.8. The average Bonchev–Trinajstić information content (AvgIpc) is 2.73. The first-order valence-corrected chi connectivity index (χ1v) is 7.52. The molecular formula is C16H19FN2O3. The van der Waals surface area contributed by atoms with Crippen LogP contribution in [0.1, 0.15) is 37.7 Å². The lowest BCUT2D eigenvalue weighted by molar-refractivity contribution is -0.132. The number of imide groups is 1. The molecule has 1 saturated carbocycles. The van der Waals surface area contributed by atoms with Gasteiger partial charge in [0.15, 0.2) is 0 Å². The summed E-state index contributed by atoms with van der Waals surface area (Å²) < 4.78 is 18.6. The van der Waals surface area contributed by atoms with Crippen LogP contribution in [0.5, 0.6) is 5.75 Å². The van der Waals surface area contributed by atoms with Crippen molar-refractivity contribution in [2.75, 3.05) is 7.11 Å². The zero-order valence-corrected chi connectivity index (χ0v) is 12.5. The van der Waals surface area contributed by atoms with Gasteiger partial charge in [0.2, 0.25) is 0 Å². The number of amides is 3. The van der Waals surface area contributed by atoms with Gasteiger partial charge >= 0.3 is 6.03 Å². The summed E-state index contributed by atoms with van der Waals surface area (Å²) in [6.45, 7) is 0.0212. The molecule has 0 radical (unpaired) electrons. The fourth-order valence-electron chi connectivity index (χ4n) is 3.36. The maximum Gasteiger partial charge on any atom is 0.325 e. The van der Waals surface area contributed by atoms with Gasteiger partial charge in [-0.25, -0.2) is 9.18 Å². The number of carbonyl (C=O) groups is 2. The van der Waals surface area contributed by atoms with Crippen molar-refractivity contribution in [3.8, 4) is 5.75 Å². The Morgan fingerprint density at radius 2 is 2.00 bits per heavy atom. The molecule has 0 aromatic heterocycles. The van der Waals surface area contributed by atoms with Crippen molar-refractivity contribution >= 4 is 11.9 Å². The minimum atomic E-state index is -0.754. The number of halogens is 1. The fourth-order valence-corrected chi connectivity index (χ4v) is 3.36. The third-order valence-electron chi connectivity index (χ3n) is 4.52. The Morgan fingerprint density at radius 1 is 1.27 bits per heavy atom. The van der Waals surface area contributed by atoms with E-state index in [4.69, 9.17) is 4.74 Å². The second-order valence-corrected chi connectivity index (χ2v) is 5.92. The Balaban J connectivity index is 1.85. The van der Waals surface area contributed by atoms with Gasteiger partial charge in [-0.1, -0.05) is 19.3 Å². The third kappa shape index (κ3) is 2.42. The van der Waals surface area contributed by atoms with Crippen LogP contribution in [0.15, 0.2) is 18.2 Å². The number of nitrogens with zero attached hydrogens (tertiary/aromatic N) is 1. The van der Waals surface area contributed by atoms with Gasteiger partial charge in [-0.2, -0.15) is 0 Å². The molecule has 22 heavy (non-hydrogen) atoms. The Hall–Kier alpha value is -2.11. The van der Waals surface area contributed by atoms with Gasteiger partial charge in [-0.05, 0) is 31.0 Å². The molecule has 1 aromatic carbocycles. The van der Waals surface area contributed by atoms with E-state index in [1.807, 2.05) is 0 Å². The first-order valence-electron chi connectivity index (χ1n) is 7.52. The molecule has 2 fully saturated rings. The molecule has 1 aliphatic carbocycles. The molecule has 118 valence electrons. The predicted octanol–water partition coefficient (Wildman–Crippen LogP) is 2.59. The lowest BCUT2D eigenvalue weighted by Crippen LogP contribution is -2.48. The van der Waals surface area contributed by atoms with Crippen LogP contribution < -0.4 is 10.1 Å². The standard InChI is InChI=1S/C16H19FN2O3/c1-22-13-6-5-12(17)9-11(13)10-19-14(20)16(18-15(19)21)7-3-2-4-8-16/h5-6,9H,2-4,7-8,10H2,1H3,(H,18,21). The summed E-state index contributed by atoms with van der Waals surface area (Å²) in [5.41, 5.74) is -0.269. The SMILES string of the molecule is COc1ccc(F)cc1CN1C(=O)NC2(CCCCC2)C1=O. The molecule has 1 aromatic rings. The summed E-state index contributed by atoms with van der Waals surface area (Å²) in [5, 5.41) is 2.84. The van der Waals surface area contributed by atoms with Crippen molar-refractivity contribution in [1.82, 2.24) is 10.2 Å². The van der Waals surface area contributed by atoms with Crippen molar-refractivity contribution in [1.29, 1.82) is 0 Å². The maximum atomic E-state index is 13.4. The van der Waals surface area contributed by atoms with Crippen LogP contribution in [-0.4, -0.2) is 29.5 Å². The fraction of sp³-hybridized carbons (Fsp3) is 0.500. The van der Waals surface area contributed by atoms with E-state index >= 15 is 0 Å². The van der Waals surface area contributed by atoms with Crippen molar-refractivity contribution in [3.63, 3.8) is 0 Å². The van der Waals surface area contributed by atoms with Crippen molar-refractivity contribution in [2.24, 2.45) is 0 Å². The molecular weight excluding hydrogens is 287 g/mol. The zero-order valence-electron chi connectivity index (χ0n) is 12.5. The van der Waals surface area contributed by atoms with E-state index < -0.39 is 17.4 Å². The number of rotatable bonds is 3. The second kappa shape index (κ2) is 5.59. The van der Waals surface area contributed by atoms with Crippen LogP contribution in [-0.2, 0) is 11.3 Å². The molecule has 5 nitrogen and oxygen atoms in total. The predicted molar refractivity (Wildman–Crippen MR) is 77.8 cm³/mol. The molecule has 1 heterocycles. The van der Waals surface area contributed by atoms with Crippen molar-refractivity contribution < 1.29 is 18.7 Å². The van der Waals surface area contributed by atoms with Gasteiger partial charge < -0.3 is 10.1 Å². The normalized spacial score (nSPS) is 20.4. The summed E-state index contributed by atoms with van der Waals surface area (Å²) in [4.78, 5) is 26.1. The number of methoxy groups -OCH3 is 1. The summed E-state index contributed by atoms with van der Waals surface area (Å²) >= 11 is 0. The molecule has 0 unspecified atom stereocenters. The van der Waals surface area contributed by atoms with E-state index in [2.05, 4.69) is 5.32 Å². The molecule has 2 aliphatic rings. The minimum Gasteiger partial charge on any atom is -0.496 e. The van der Waals surface area contributed by atoms with E-state index in [1.54, 1.807) is 0 Å². The third-order valence-corrected chi connectivity index (χ3v) is 4.52. The first-order chi connectivity index (χ1) is 10.6. The number of carbonyl (C=O) groups excluding carboxylic acids is 2. The van der Waals surface area contributed by atoms with Crippen LogP contribution in [0.4, 0.5) is 9.18 Å². The van der Waals surface area contributed by atoms with Crippen LogP contribution in [0.2, 0.25) is 0 Å². The Bertz CT molecular complexity index is 611. The van der Waals surface area contributed by atoms with Crippen LogP contribution >= 0.6 is 0 Å². The molecule has 3 rings (SSSR count). The highest BCUT2D eigenvalue weighted by atomic mass is 19.1. The molecule has 6 heteroatoms. The maximum absolute atomic E-state index is 13.4. The van der Waals surface area contributed by atoms with E-state index in [9.17, 15) is 14.0 Å². The highest BCUT2D eigenvalue weighted by molar-refractivity contribution is 6.07. The van der Waals surface area contributed by atoms with Gasteiger partial charge in [0.05, 0.1) is 13.7 Å². The van der Waals surface area contributed by atoms with Crippen LogP contribution in [0.25, 0.3) is 0 Å². The summed E-state index contributed by atoms with van der Waals surface area (Å²) in [6.07, 6.45) is 4.30. The van der Waals surface area contributed by atoms with Crippen molar-refractivity contribution in [2.45, 2.75) is 44.2 Å². The Kier molecular flexibility index (Phi) is 3.76. The lowest BCUT2D eigenvalue weighted by Gasteiger charge is -2.30. The molecule has 3 amide bonds. The van der Waals surface area contributed by atoms with E-state index in [1.165, 1.54) is 30.2 Å². The number of nitrogens with one attached hydrogen (secondary N) is 1. The monoisotopic (exact) mass is 306 g/mol. The molecule has 0 atom stereocenters. The van der Waals surface area contributed by atoms with Crippen LogP contribution in [0.3, 0.4) is 0 Å². The number of hydrogen-bond donors (Lipinski definition) is 1. The van der Waals surface area contributed by atoms with Crippen molar-refractivity contribution in [3.05, 3.63) is 29.6 Å². The zero-order chi connectivity index (χ0) is 15.7. The van der Waals surface area contributed by atoms with Crippen LogP contribution in [0, 0.1) is 5.82 Å². The molecule has 1 N–H and O–H groups in total. The number of ether oxygens (including phenoxy) is 1. The minimum absolute atomic E-state index is 0.0212. The molecule has 1 saturated heterocycles. The summed E-state index contributed by atoms with van der Waals surface area (Å²) in [7, 11) is 1.48. The van der Waals surface area contributed by atoms with Gasteiger partial charge in [0.25, 0.3) is 5.91 Å². The topological polar surface area (TPSA) is 58.6 Å². The highest BCUT2D eigenvalue weighted by Crippen LogP contribution is 2.35. The smallest absolute Gasteiger partial charge is 0.325 e. The van der Waals surface area contributed by atoms with E-state index in [-0.39, 0.29) is 12.5 Å². The van der Waals surface area contributed by atoms with Gasteiger partial charge in [-0.3, -0.25) is 9.69 Å². The Labute approximate surface area is 128 Å². The highest BCUT2D eigenvalue weighted by Gasteiger charge is 2.51. The largest absolute Gasteiger partial charge is 0.496 e. The van der Waals surface area contributed by atoms with E-state index in [0.717, 1.165) is 19.3 Å². The molecule has 0 bridgehead atoms. The van der Waals surface area contributed by atoms with Gasteiger partial charge in [-0.15, -0.1) is 0 Å². The average molecular weight is 306 g/mol. The lowest BCUT2D eigenvalue weighted by atomic mass is 9.82. The molecule has 1 aliphatic heterocycles.